The summed E-state index contributed by atoms with van der Waals surface area (Å²) in [6.45, 7) is 4.11. The van der Waals surface area contributed by atoms with Crippen LogP contribution in [0.4, 0.5) is 0 Å². The fourth-order valence-electron chi connectivity index (χ4n) is 3.90. The summed E-state index contributed by atoms with van der Waals surface area (Å²) in [5.74, 6) is -0.618. The summed E-state index contributed by atoms with van der Waals surface area (Å²) in [7, 11) is 1.61. The molecule has 0 aromatic carbocycles. The topological polar surface area (TPSA) is 57.2 Å². The zero-order valence-electron chi connectivity index (χ0n) is 12.3. The van der Waals surface area contributed by atoms with E-state index in [0.717, 1.165) is 31.3 Å². The van der Waals surface area contributed by atoms with Crippen molar-refractivity contribution >= 4 is 0 Å². The molecular formula is C15H24O5. The molecule has 114 valence electrons. The van der Waals surface area contributed by atoms with E-state index in [2.05, 4.69) is 6.92 Å². The molecule has 2 aliphatic carbocycles. The lowest BCUT2D eigenvalue weighted by atomic mass is 9.69. The molecular weight excluding hydrogens is 260 g/mol. The van der Waals surface area contributed by atoms with Crippen LogP contribution in [0, 0.1) is 5.41 Å². The molecule has 2 fully saturated rings. The van der Waals surface area contributed by atoms with Gasteiger partial charge in [0.2, 0.25) is 0 Å². The number of ether oxygens (including phenoxy) is 4. The van der Waals surface area contributed by atoms with E-state index in [-0.39, 0.29) is 18.3 Å². The average molecular weight is 284 g/mol. The van der Waals surface area contributed by atoms with Crippen LogP contribution in [-0.4, -0.2) is 50.7 Å². The summed E-state index contributed by atoms with van der Waals surface area (Å²) in [5, 5.41) is 10.3. The Morgan fingerprint density at radius 3 is 2.75 bits per heavy atom. The minimum atomic E-state index is -0.618. The zero-order chi connectivity index (χ0) is 14.2. The van der Waals surface area contributed by atoms with E-state index >= 15 is 0 Å². The Balaban J connectivity index is 1.93. The third-order valence-electron chi connectivity index (χ3n) is 5.09. The van der Waals surface area contributed by atoms with Crippen LogP contribution < -0.4 is 0 Å². The number of methoxy groups -OCH3 is 1. The van der Waals surface area contributed by atoms with Gasteiger partial charge in [-0.3, -0.25) is 0 Å². The van der Waals surface area contributed by atoms with Crippen molar-refractivity contribution in [2.45, 2.75) is 44.5 Å². The number of hydrogen-bond acceptors (Lipinski definition) is 5. The molecule has 1 N–H and O–H groups in total. The van der Waals surface area contributed by atoms with E-state index in [0.29, 0.717) is 19.8 Å². The van der Waals surface area contributed by atoms with Gasteiger partial charge in [-0.2, -0.15) is 0 Å². The summed E-state index contributed by atoms with van der Waals surface area (Å²) < 4.78 is 22.4. The predicted molar refractivity (Wildman–Crippen MR) is 72.1 cm³/mol. The van der Waals surface area contributed by atoms with Crippen molar-refractivity contribution in [1.82, 2.24) is 0 Å². The largest absolute Gasteiger partial charge is 0.392 e. The molecule has 1 spiro atoms. The SMILES string of the molecule is COCOCC1=C2CC[C@@H](O)[C@]2(C)CCC12OCCO2. The Morgan fingerprint density at radius 1 is 1.30 bits per heavy atom. The van der Waals surface area contributed by atoms with Gasteiger partial charge in [-0.15, -0.1) is 0 Å². The molecule has 0 aromatic heterocycles. The van der Waals surface area contributed by atoms with Crippen LogP contribution in [0.5, 0.6) is 0 Å². The van der Waals surface area contributed by atoms with Crippen LogP contribution in [0.3, 0.4) is 0 Å². The van der Waals surface area contributed by atoms with Crippen molar-refractivity contribution in [2.75, 3.05) is 33.7 Å². The molecule has 1 aliphatic heterocycles. The molecule has 20 heavy (non-hydrogen) atoms. The highest BCUT2D eigenvalue weighted by atomic mass is 16.7. The van der Waals surface area contributed by atoms with E-state index in [1.807, 2.05) is 0 Å². The molecule has 0 radical (unpaired) electrons. The fourth-order valence-corrected chi connectivity index (χ4v) is 3.90. The molecule has 3 aliphatic rings. The first-order valence-electron chi connectivity index (χ1n) is 7.38. The Labute approximate surface area is 119 Å². The molecule has 1 heterocycles. The van der Waals surface area contributed by atoms with Gasteiger partial charge in [-0.1, -0.05) is 12.5 Å². The molecule has 2 atom stereocenters. The maximum Gasteiger partial charge on any atom is 0.193 e. The van der Waals surface area contributed by atoms with E-state index in [4.69, 9.17) is 18.9 Å². The van der Waals surface area contributed by atoms with Crippen LogP contribution in [0.15, 0.2) is 11.1 Å². The van der Waals surface area contributed by atoms with E-state index < -0.39 is 5.79 Å². The van der Waals surface area contributed by atoms with Gasteiger partial charge in [0.15, 0.2) is 5.79 Å². The third-order valence-corrected chi connectivity index (χ3v) is 5.09. The molecule has 5 heteroatoms. The quantitative estimate of drug-likeness (QED) is 0.483. The van der Waals surface area contributed by atoms with Crippen LogP contribution in [0.2, 0.25) is 0 Å². The molecule has 0 unspecified atom stereocenters. The van der Waals surface area contributed by atoms with Crippen molar-refractivity contribution < 1.29 is 24.1 Å². The van der Waals surface area contributed by atoms with Crippen LogP contribution >= 0.6 is 0 Å². The lowest BCUT2D eigenvalue weighted by Crippen LogP contribution is -2.44. The number of aliphatic hydroxyl groups excluding tert-OH is 1. The minimum absolute atomic E-state index is 0.147. The molecule has 1 saturated carbocycles. The highest BCUT2D eigenvalue weighted by molar-refractivity contribution is 5.35. The second-order valence-corrected chi connectivity index (χ2v) is 6.13. The Morgan fingerprint density at radius 2 is 2.05 bits per heavy atom. The Bertz CT molecular complexity index is 399. The van der Waals surface area contributed by atoms with E-state index in [1.54, 1.807) is 7.11 Å². The Kier molecular flexibility index (Phi) is 3.90. The zero-order valence-corrected chi connectivity index (χ0v) is 12.3. The lowest BCUT2D eigenvalue weighted by molar-refractivity contribution is -0.155. The molecule has 0 amide bonds. The Hall–Kier alpha value is -0.460. The normalized spacial score (nSPS) is 35.9. The molecule has 1 saturated heterocycles. The van der Waals surface area contributed by atoms with Crippen molar-refractivity contribution in [2.24, 2.45) is 5.41 Å². The number of fused-ring (bicyclic) bond motifs is 1. The van der Waals surface area contributed by atoms with Crippen molar-refractivity contribution in [3.63, 3.8) is 0 Å². The number of hydrogen-bond donors (Lipinski definition) is 1. The van der Waals surface area contributed by atoms with Crippen LogP contribution in [0.25, 0.3) is 0 Å². The number of rotatable bonds is 4. The van der Waals surface area contributed by atoms with Gasteiger partial charge < -0.3 is 24.1 Å². The van der Waals surface area contributed by atoms with Gasteiger partial charge in [0, 0.05) is 24.5 Å². The third kappa shape index (κ3) is 2.12. The first kappa shape index (κ1) is 14.5. The van der Waals surface area contributed by atoms with Gasteiger partial charge in [0.1, 0.15) is 6.79 Å². The maximum atomic E-state index is 10.3. The molecule has 3 rings (SSSR count). The monoisotopic (exact) mass is 284 g/mol. The van der Waals surface area contributed by atoms with Crippen molar-refractivity contribution in [3.05, 3.63) is 11.1 Å². The summed E-state index contributed by atoms with van der Waals surface area (Å²) in [4.78, 5) is 0. The van der Waals surface area contributed by atoms with E-state index in [9.17, 15) is 5.11 Å². The lowest BCUT2D eigenvalue weighted by Gasteiger charge is -2.43. The second kappa shape index (κ2) is 5.39. The van der Waals surface area contributed by atoms with Gasteiger partial charge in [0.05, 0.1) is 25.9 Å². The summed E-state index contributed by atoms with van der Waals surface area (Å²) in [5.41, 5.74) is 2.21. The second-order valence-electron chi connectivity index (χ2n) is 6.13. The van der Waals surface area contributed by atoms with Crippen LogP contribution in [-0.2, 0) is 18.9 Å². The van der Waals surface area contributed by atoms with Crippen molar-refractivity contribution in [1.29, 1.82) is 0 Å². The molecule has 0 aromatic rings. The van der Waals surface area contributed by atoms with Gasteiger partial charge >= 0.3 is 0 Å². The van der Waals surface area contributed by atoms with Crippen LogP contribution in [0.1, 0.15) is 32.6 Å². The predicted octanol–water partition coefficient (Wildman–Crippen LogP) is 1.60. The molecule has 5 nitrogen and oxygen atoms in total. The minimum Gasteiger partial charge on any atom is -0.392 e. The summed E-state index contributed by atoms with van der Waals surface area (Å²) in [6, 6.07) is 0. The smallest absolute Gasteiger partial charge is 0.193 e. The summed E-state index contributed by atoms with van der Waals surface area (Å²) in [6.07, 6.45) is 3.13. The first-order chi connectivity index (χ1) is 9.62. The number of aliphatic hydroxyl groups is 1. The first-order valence-corrected chi connectivity index (χ1v) is 7.38. The average Bonchev–Trinajstić information content (AvgIpc) is 3.02. The highest BCUT2D eigenvalue weighted by Gasteiger charge is 2.54. The van der Waals surface area contributed by atoms with Crippen molar-refractivity contribution in [3.8, 4) is 0 Å². The molecule has 0 bridgehead atoms. The van der Waals surface area contributed by atoms with Gasteiger partial charge in [0.25, 0.3) is 0 Å². The fraction of sp³-hybridized carbons (Fsp3) is 0.867. The van der Waals surface area contributed by atoms with Gasteiger partial charge in [-0.25, -0.2) is 0 Å². The van der Waals surface area contributed by atoms with E-state index in [1.165, 1.54) is 5.57 Å². The highest BCUT2D eigenvalue weighted by Crippen LogP contribution is 2.55. The standard InChI is InChI=1S/C15H24O5/c1-14-5-6-15(19-7-8-20-15)12(9-18-10-17-2)11(14)3-4-13(14)16/h13,16H,3-10H2,1-2H3/t13-,14-/m1/s1. The van der Waals surface area contributed by atoms with Gasteiger partial charge in [-0.05, 0) is 19.3 Å². The summed E-state index contributed by atoms with van der Waals surface area (Å²) >= 11 is 0. The maximum absolute atomic E-state index is 10.3.